The average Bonchev–Trinajstić information content (AvgIpc) is 3.01. The first-order chi connectivity index (χ1) is 11.0. The molecule has 0 bridgehead atoms. The molecule has 0 saturated carbocycles. The summed E-state index contributed by atoms with van der Waals surface area (Å²) < 4.78 is 6.71. The van der Waals surface area contributed by atoms with E-state index in [1.165, 1.54) is 4.68 Å². The molecule has 1 fully saturated rings. The Bertz CT molecular complexity index is 682. The molecule has 1 aliphatic rings. The number of aromatic hydroxyl groups is 1. The summed E-state index contributed by atoms with van der Waals surface area (Å²) in [6.45, 7) is -0.368. The maximum absolute atomic E-state index is 10.3. The number of phenols is 1. The van der Waals surface area contributed by atoms with Crippen LogP contribution in [-0.2, 0) is 4.74 Å². The first kappa shape index (κ1) is 16.4. The predicted octanol–water partition coefficient (Wildman–Crippen LogP) is -1.47. The first-order valence-corrected chi connectivity index (χ1v) is 8.11. The molecule has 124 valence electrons. The molecule has 8 nitrogen and oxygen atoms in total. The number of aliphatic hydroxyl groups excluding tert-OH is 3. The van der Waals surface area contributed by atoms with E-state index in [1.807, 2.05) is 0 Å². The van der Waals surface area contributed by atoms with Gasteiger partial charge in [-0.1, -0.05) is 0 Å². The van der Waals surface area contributed by atoms with Gasteiger partial charge in [-0.15, -0.1) is 0 Å². The zero-order valence-electron chi connectivity index (χ0n) is 12.0. The molecule has 1 aromatic heterocycles. The van der Waals surface area contributed by atoms with Gasteiger partial charge in [0.15, 0.2) is 0 Å². The molecule has 9 heteroatoms. The van der Waals surface area contributed by atoms with Crippen molar-refractivity contribution in [1.29, 1.82) is 0 Å². The molecule has 0 aliphatic carbocycles. The Morgan fingerprint density at radius 3 is 2.74 bits per heavy atom. The molecule has 0 radical (unpaired) electrons. The molecule has 2 aromatic rings. The predicted molar refractivity (Wildman–Crippen MR) is 81.1 cm³/mol. The van der Waals surface area contributed by atoms with Crippen LogP contribution in [0.4, 0.5) is 0 Å². The molecule has 3 rings (SSSR count). The van der Waals surface area contributed by atoms with Crippen molar-refractivity contribution < 1.29 is 25.2 Å². The topological polar surface area (TPSA) is 121 Å². The average molecular weight is 386 g/mol. The molecule has 1 saturated heterocycles. The minimum absolute atomic E-state index is 0.106. The summed E-state index contributed by atoms with van der Waals surface area (Å²) in [5.74, 6) is 0.106. The molecule has 0 amide bonds. The van der Waals surface area contributed by atoms with Gasteiger partial charge >= 0.3 is 140 Å². The fourth-order valence-corrected chi connectivity index (χ4v) is 3.31. The fourth-order valence-electron chi connectivity index (χ4n) is 2.61. The van der Waals surface area contributed by atoms with E-state index < -0.39 is 29.4 Å². The third-order valence-electron chi connectivity index (χ3n) is 3.82. The fraction of sp³-hybridized carbons (Fsp3) is 0.429. The Morgan fingerprint density at radius 2 is 2.04 bits per heavy atom. The molecule has 2 heterocycles. The summed E-state index contributed by atoms with van der Waals surface area (Å²) in [6.07, 6.45) is -1.39. The molecule has 1 aliphatic heterocycles. The monoisotopic (exact) mass is 387 g/mol. The van der Waals surface area contributed by atoms with Gasteiger partial charge in [-0.2, -0.15) is 0 Å². The van der Waals surface area contributed by atoms with Crippen molar-refractivity contribution in [3.8, 4) is 17.0 Å². The van der Waals surface area contributed by atoms with Crippen molar-refractivity contribution in [2.24, 2.45) is 0 Å². The second kappa shape index (κ2) is 6.56. The van der Waals surface area contributed by atoms with Crippen LogP contribution < -0.4 is 0 Å². The second-order valence-corrected chi connectivity index (χ2v) is 6.42. The van der Waals surface area contributed by atoms with Crippen LogP contribution in [0.1, 0.15) is 6.04 Å². The van der Waals surface area contributed by atoms with E-state index in [0.717, 1.165) is 0 Å². The maximum atomic E-state index is 10.3. The number of rotatable bonds is 3. The zero-order valence-corrected chi connectivity index (χ0v) is 13.8. The van der Waals surface area contributed by atoms with Gasteiger partial charge in [0.1, 0.15) is 0 Å². The van der Waals surface area contributed by atoms with Crippen molar-refractivity contribution in [3.63, 3.8) is 0 Å². The molecule has 1 aromatic carbocycles. The van der Waals surface area contributed by atoms with Crippen molar-refractivity contribution in [2.75, 3.05) is 6.61 Å². The summed E-state index contributed by atoms with van der Waals surface area (Å²) in [5, 5.41) is 46.8. The van der Waals surface area contributed by atoms with Crippen LogP contribution >= 0.6 is 0 Å². The summed E-state index contributed by atoms with van der Waals surface area (Å²) in [6, 6.07) is 5.74. The molecule has 5 atom stereocenters. The number of aromatic nitrogens is 3. The minimum atomic E-state index is -1.13. The molecule has 0 unspecified atom stereocenters. The first-order valence-electron chi connectivity index (χ1n) is 7.03. The van der Waals surface area contributed by atoms with Crippen LogP contribution in [0.5, 0.6) is 5.75 Å². The van der Waals surface area contributed by atoms with Gasteiger partial charge in [0.05, 0.1) is 0 Å². The van der Waals surface area contributed by atoms with E-state index in [2.05, 4.69) is 26.3 Å². The Hall–Kier alpha value is -1.48. The normalized spacial score (nSPS) is 31.2. The summed E-state index contributed by atoms with van der Waals surface area (Å²) in [5.41, 5.74) is 1.16. The molecular weight excluding hydrogens is 369 g/mol. The molecular formula is C14H17N3O5Se. The quantitative estimate of drug-likeness (QED) is 0.476. The van der Waals surface area contributed by atoms with Crippen LogP contribution in [0, 0.1) is 0 Å². The van der Waals surface area contributed by atoms with Crippen molar-refractivity contribution in [2.45, 2.75) is 29.4 Å². The van der Waals surface area contributed by atoms with E-state index >= 15 is 0 Å². The number of phenolic OH excluding ortho intramolecular Hbond substituents is 1. The zero-order chi connectivity index (χ0) is 16.6. The van der Waals surface area contributed by atoms with Crippen LogP contribution in [0.2, 0.25) is 0 Å². The van der Waals surface area contributed by atoms with Gasteiger partial charge < -0.3 is 0 Å². The molecule has 23 heavy (non-hydrogen) atoms. The van der Waals surface area contributed by atoms with Crippen LogP contribution in [0.15, 0.2) is 30.5 Å². The number of aliphatic hydroxyl groups is 3. The summed E-state index contributed by atoms with van der Waals surface area (Å²) in [7, 11) is 0. The Kier molecular flexibility index (Phi) is 4.67. The standard InChI is InChI=1S/C14H17N3O5Se/c18-6-10-12(20)11(13(21)14(23)22-10)17-5-9(15-16-17)7-2-1-3-8(19)4-7/h1-5,10-14,18-21,23H,6H2/t10-,11+,12+,13-,14+/m1/s1. The van der Waals surface area contributed by atoms with Gasteiger partial charge in [0, 0.05) is 0 Å². The summed E-state index contributed by atoms with van der Waals surface area (Å²) >= 11 is 2.17. The van der Waals surface area contributed by atoms with Gasteiger partial charge in [0.2, 0.25) is 0 Å². The van der Waals surface area contributed by atoms with Crippen LogP contribution in [-0.4, -0.2) is 81.4 Å². The number of hydrogen-bond donors (Lipinski definition) is 4. The number of benzene rings is 1. The van der Waals surface area contributed by atoms with Gasteiger partial charge in [-0.3, -0.25) is 0 Å². The Balaban J connectivity index is 1.92. The van der Waals surface area contributed by atoms with Crippen molar-refractivity contribution in [1.82, 2.24) is 15.0 Å². The third-order valence-corrected chi connectivity index (χ3v) is 4.72. The van der Waals surface area contributed by atoms with Gasteiger partial charge in [-0.25, -0.2) is 0 Å². The second-order valence-electron chi connectivity index (χ2n) is 5.35. The van der Waals surface area contributed by atoms with E-state index in [1.54, 1.807) is 30.5 Å². The number of ether oxygens (including phenoxy) is 1. The molecule has 0 spiro atoms. The van der Waals surface area contributed by atoms with Crippen LogP contribution in [0.25, 0.3) is 11.3 Å². The van der Waals surface area contributed by atoms with E-state index in [4.69, 9.17) is 4.74 Å². The third kappa shape index (κ3) is 3.12. The van der Waals surface area contributed by atoms with E-state index in [0.29, 0.717) is 11.3 Å². The number of hydrogen-bond acceptors (Lipinski definition) is 7. The Labute approximate surface area is 140 Å². The summed E-state index contributed by atoms with van der Waals surface area (Å²) in [4.78, 5) is 0. The van der Waals surface area contributed by atoms with Crippen molar-refractivity contribution in [3.05, 3.63) is 30.5 Å². The van der Waals surface area contributed by atoms with E-state index in [-0.39, 0.29) is 12.4 Å². The van der Waals surface area contributed by atoms with Gasteiger partial charge in [-0.05, 0) is 0 Å². The SMILES string of the molecule is OC[C@H]1O[C@@H]([SeH])[C@H](O)[C@@H](n2cc(-c3cccc(O)c3)nn2)[C@H]1O. The number of nitrogens with zero attached hydrogens (tertiary/aromatic N) is 3. The van der Waals surface area contributed by atoms with E-state index in [9.17, 15) is 20.4 Å². The van der Waals surface area contributed by atoms with Crippen LogP contribution in [0.3, 0.4) is 0 Å². The van der Waals surface area contributed by atoms with Gasteiger partial charge in [0.25, 0.3) is 0 Å². The van der Waals surface area contributed by atoms with Crippen molar-refractivity contribution >= 4 is 16.0 Å². The molecule has 4 N–H and O–H groups in total. The Morgan fingerprint density at radius 1 is 1.26 bits per heavy atom.